The van der Waals surface area contributed by atoms with Crippen LogP contribution in [0, 0.1) is 0 Å². The minimum absolute atomic E-state index is 0.146. The molecule has 0 saturated carbocycles. The summed E-state index contributed by atoms with van der Waals surface area (Å²) in [5.74, 6) is -1.26. The molecule has 0 N–H and O–H groups in total. The van der Waals surface area contributed by atoms with E-state index >= 15 is 0 Å². The largest absolute Gasteiger partial charge is 0.443 e. The van der Waals surface area contributed by atoms with E-state index in [1.807, 2.05) is 0 Å². The second-order valence-electron chi connectivity index (χ2n) is 10.6. The van der Waals surface area contributed by atoms with E-state index in [1.165, 1.54) is 0 Å². The number of carbonyl (C=O) groups excluding carboxylic acids is 4. The molecule has 8 nitrogen and oxygen atoms in total. The summed E-state index contributed by atoms with van der Waals surface area (Å²) in [6, 6.07) is 6.43. The number of amides is 2. The normalized spacial score (nSPS) is 17.1. The van der Waals surface area contributed by atoms with Gasteiger partial charge >= 0.3 is 12.2 Å². The molecule has 38 heavy (non-hydrogen) atoms. The number of nitrogens with zero attached hydrogens (tertiary/aromatic N) is 2. The molecule has 0 spiro atoms. The van der Waals surface area contributed by atoms with Crippen LogP contribution in [0.3, 0.4) is 0 Å². The lowest BCUT2D eigenvalue weighted by atomic mass is 10.1. The number of Topliss-reactive ketones (excluding diaryl/α,β-unsaturated/α-hetero) is 2. The number of halogens is 4. The topological polar surface area (TPSA) is 93.2 Å². The Hall–Kier alpha value is -2.02. The van der Waals surface area contributed by atoms with E-state index in [9.17, 15) is 19.2 Å². The van der Waals surface area contributed by atoms with Gasteiger partial charge in [-0.2, -0.15) is 0 Å². The van der Waals surface area contributed by atoms with Crippen LogP contribution in [0.5, 0.6) is 0 Å². The lowest BCUT2D eigenvalue weighted by Crippen LogP contribution is -2.41. The summed E-state index contributed by atoms with van der Waals surface area (Å²) in [7, 11) is 0. The Morgan fingerprint density at radius 1 is 0.632 bits per heavy atom. The van der Waals surface area contributed by atoms with E-state index in [0.29, 0.717) is 17.9 Å². The number of ketones is 2. The Kier molecular flexibility index (Phi) is 7.52. The fourth-order valence-corrected chi connectivity index (χ4v) is 6.83. The Bertz CT molecular complexity index is 1360. The van der Waals surface area contributed by atoms with Gasteiger partial charge in [-0.1, -0.05) is 31.9 Å². The van der Waals surface area contributed by atoms with E-state index < -0.39 is 35.0 Å². The molecule has 0 unspecified atom stereocenters. The van der Waals surface area contributed by atoms with Gasteiger partial charge in [-0.25, -0.2) is 19.4 Å². The van der Waals surface area contributed by atoms with Crippen molar-refractivity contribution in [2.24, 2.45) is 0 Å². The molecule has 4 rings (SSSR count). The van der Waals surface area contributed by atoms with Crippen LogP contribution in [-0.2, 0) is 9.47 Å². The number of anilines is 2. The molecular weight excluding hydrogens is 756 g/mol. The molecule has 0 atom stereocenters. The highest BCUT2D eigenvalue weighted by Gasteiger charge is 2.50. The monoisotopic (exact) mass is 774 g/mol. The van der Waals surface area contributed by atoms with Crippen molar-refractivity contribution in [1.82, 2.24) is 0 Å². The second kappa shape index (κ2) is 9.87. The highest BCUT2D eigenvalue weighted by molar-refractivity contribution is 9.11. The summed E-state index contributed by atoms with van der Waals surface area (Å²) < 4.78 is 13.2. The Morgan fingerprint density at radius 3 is 1.24 bits per heavy atom. The lowest BCUT2D eigenvalue weighted by Gasteiger charge is -2.29. The van der Waals surface area contributed by atoms with Crippen LogP contribution in [0.1, 0.15) is 62.3 Å². The maximum atomic E-state index is 14.0. The van der Waals surface area contributed by atoms with E-state index in [-0.39, 0.29) is 33.9 Å². The highest BCUT2D eigenvalue weighted by atomic mass is 79.9. The van der Waals surface area contributed by atoms with Gasteiger partial charge in [0.2, 0.25) is 11.6 Å². The highest BCUT2D eigenvalue weighted by Crippen LogP contribution is 2.49. The molecule has 200 valence electrons. The van der Waals surface area contributed by atoms with Crippen molar-refractivity contribution in [3.8, 4) is 0 Å². The van der Waals surface area contributed by atoms with Crippen molar-refractivity contribution in [3.63, 3.8) is 0 Å². The Morgan fingerprint density at radius 2 is 0.947 bits per heavy atom. The van der Waals surface area contributed by atoms with Crippen LogP contribution in [0.25, 0.3) is 0 Å². The van der Waals surface area contributed by atoms with Crippen molar-refractivity contribution in [2.45, 2.75) is 52.7 Å². The Balaban J connectivity index is 2.07. The third kappa shape index (κ3) is 5.24. The molecule has 0 aromatic heterocycles. The number of hydrogen-bond donors (Lipinski definition) is 0. The fourth-order valence-electron chi connectivity index (χ4n) is 4.02. The van der Waals surface area contributed by atoms with Crippen LogP contribution in [0.15, 0.2) is 53.6 Å². The molecule has 2 aromatic carbocycles. The zero-order valence-electron chi connectivity index (χ0n) is 21.2. The molecule has 0 bridgehead atoms. The first-order valence-corrected chi connectivity index (χ1v) is 14.5. The SMILES string of the molecule is CC(C)(C)OC(=O)N1/C(=C2\C(=O)c3cc(Br)cc(Br)c3N2C(=O)OC(C)(C)C)C(=O)c2cc(Br)cc(Br)c21. The van der Waals surface area contributed by atoms with Crippen LogP contribution in [0.2, 0.25) is 0 Å². The molecule has 0 radical (unpaired) electrons. The quantitative estimate of drug-likeness (QED) is 0.249. The molecule has 2 aliphatic heterocycles. The molecule has 0 aliphatic carbocycles. The maximum Gasteiger partial charge on any atom is 0.419 e. The molecule has 2 heterocycles. The molecular formula is C26H22Br4N2O6. The van der Waals surface area contributed by atoms with E-state index in [4.69, 9.17) is 9.47 Å². The van der Waals surface area contributed by atoms with Crippen molar-refractivity contribution < 1.29 is 28.7 Å². The number of fused-ring (bicyclic) bond motifs is 2. The maximum absolute atomic E-state index is 14.0. The van der Waals surface area contributed by atoms with Gasteiger partial charge in [-0.15, -0.1) is 0 Å². The number of rotatable bonds is 0. The van der Waals surface area contributed by atoms with E-state index in [0.717, 1.165) is 9.80 Å². The molecule has 0 fully saturated rings. The number of carbonyl (C=O) groups is 4. The second-order valence-corrected chi connectivity index (χ2v) is 14.1. The summed E-state index contributed by atoms with van der Waals surface area (Å²) in [5.41, 5.74) is -1.78. The molecule has 2 aliphatic rings. The number of allylic oxidation sites excluding steroid dienone is 2. The van der Waals surface area contributed by atoms with Gasteiger partial charge in [-0.3, -0.25) is 9.59 Å². The summed E-state index contributed by atoms with van der Waals surface area (Å²) in [4.78, 5) is 57.2. The fraction of sp³-hybridized carbons (Fsp3) is 0.308. The van der Waals surface area contributed by atoms with Crippen LogP contribution in [0.4, 0.5) is 21.0 Å². The summed E-state index contributed by atoms with van der Waals surface area (Å²) in [6.07, 6.45) is -1.77. The summed E-state index contributed by atoms with van der Waals surface area (Å²) >= 11 is 13.6. The van der Waals surface area contributed by atoms with Gasteiger partial charge in [0.15, 0.2) is 0 Å². The number of benzene rings is 2. The third-order valence-corrected chi connectivity index (χ3v) is 7.37. The predicted molar refractivity (Wildman–Crippen MR) is 157 cm³/mol. The first kappa shape index (κ1) is 29.0. The zero-order valence-corrected chi connectivity index (χ0v) is 27.5. The van der Waals surface area contributed by atoms with Crippen molar-refractivity contribution >= 4 is 98.8 Å². The van der Waals surface area contributed by atoms with E-state index in [2.05, 4.69) is 63.7 Å². The van der Waals surface area contributed by atoms with Gasteiger partial charge < -0.3 is 9.47 Å². The lowest BCUT2D eigenvalue weighted by molar-refractivity contribution is 0.0571. The minimum atomic E-state index is -0.915. The molecule has 2 aromatic rings. The van der Waals surface area contributed by atoms with Crippen molar-refractivity contribution in [3.05, 3.63) is 64.7 Å². The van der Waals surface area contributed by atoms with Gasteiger partial charge in [0.05, 0.1) is 22.5 Å². The third-order valence-electron chi connectivity index (χ3n) is 5.25. The van der Waals surface area contributed by atoms with Gasteiger partial charge in [0.25, 0.3) is 0 Å². The average molecular weight is 778 g/mol. The molecule has 12 heteroatoms. The number of hydrogen-bond acceptors (Lipinski definition) is 6. The van der Waals surface area contributed by atoms with Crippen LogP contribution < -0.4 is 9.80 Å². The molecule has 2 amide bonds. The van der Waals surface area contributed by atoms with Gasteiger partial charge in [-0.05, 0) is 97.7 Å². The average Bonchev–Trinajstić information content (AvgIpc) is 3.17. The first-order valence-electron chi connectivity index (χ1n) is 11.3. The summed E-state index contributed by atoms with van der Waals surface area (Å²) in [5, 5.41) is 0. The smallest absolute Gasteiger partial charge is 0.419 e. The van der Waals surface area contributed by atoms with Crippen molar-refractivity contribution in [1.29, 1.82) is 0 Å². The predicted octanol–water partition coefficient (Wildman–Crippen LogP) is 8.52. The summed E-state index contributed by atoms with van der Waals surface area (Å²) in [6.45, 7) is 10.1. The minimum Gasteiger partial charge on any atom is -0.443 e. The Labute approximate surface area is 253 Å². The number of ether oxygens (including phenoxy) is 2. The van der Waals surface area contributed by atoms with Crippen LogP contribution >= 0.6 is 63.7 Å². The van der Waals surface area contributed by atoms with E-state index in [1.54, 1.807) is 65.8 Å². The van der Waals surface area contributed by atoms with Gasteiger partial charge in [0, 0.05) is 17.9 Å². The molecule has 0 saturated heterocycles. The standard InChI is InChI=1S/C26H22Br4N2O6/c1-25(2,3)37-23(35)31-17-13(7-11(27)9-15(17)29)21(33)19(31)20-22(34)14-8-12(28)10-16(30)18(14)32(20)24(36)38-26(4,5)6/h7-10H,1-6H3/b20-19+. The van der Waals surface area contributed by atoms with Gasteiger partial charge in [0.1, 0.15) is 22.6 Å². The van der Waals surface area contributed by atoms with Crippen LogP contribution in [-0.4, -0.2) is 35.0 Å². The zero-order chi connectivity index (χ0) is 28.5. The first-order chi connectivity index (χ1) is 17.4. The van der Waals surface area contributed by atoms with Crippen molar-refractivity contribution in [2.75, 3.05) is 9.80 Å².